The molecule has 166 valence electrons. The third-order valence-corrected chi connectivity index (χ3v) is 6.10. The second-order valence-electron chi connectivity index (χ2n) is 8.55. The summed E-state index contributed by atoms with van der Waals surface area (Å²) in [4.78, 5) is 25.6. The lowest BCUT2D eigenvalue weighted by Gasteiger charge is -2.35. The minimum atomic E-state index is -0.213. The molecule has 0 radical (unpaired) electrons. The van der Waals surface area contributed by atoms with Crippen molar-refractivity contribution < 1.29 is 9.18 Å². The molecule has 5 nitrogen and oxygen atoms in total. The molecule has 3 aromatic rings. The maximum Gasteiger partial charge on any atom is 0.256 e. The van der Waals surface area contributed by atoms with Crippen molar-refractivity contribution in [1.82, 2.24) is 19.8 Å². The molecule has 0 saturated carbocycles. The molecule has 4 rings (SSSR count). The Labute approximate surface area is 188 Å². The van der Waals surface area contributed by atoms with E-state index >= 15 is 0 Å². The topological polar surface area (TPSA) is 49.3 Å². The monoisotopic (exact) mass is 432 g/mol. The molecule has 1 aliphatic heterocycles. The van der Waals surface area contributed by atoms with Crippen LogP contribution in [0.1, 0.15) is 52.7 Å². The Morgan fingerprint density at radius 3 is 2.53 bits per heavy atom. The van der Waals surface area contributed by atoms with Crippen LogP contribution in [-0.2, 0) is 6.54 Å². The zero-order valence-electron chi connectivity index (χ0n) is 18.9. The van der Waals surface area contributed by atoms with Gasteiger partial charge in [0.1, 0.15) is 11.6 Å². The van der Waals surface area contributed by atoms with E-state index < -0.39 is 0 Å². The number of aromatic nitrogens is 2. The van der Waals surface area contributed by atoms with Crippen LogP contribution in [0.4, 0.5) is 4.39 Å². The number of hydrogen-bond acceptors (Lipinski definition) is 4. The van der Waals surface area contributed by atoms with Gasteiger partial charge in [-0.1, -0.05) is 48.9 Å². The molecule has 1 saturated heterocycles. The number of carbonyl (C=O) groups excluding carboxylic acids is 1. The summed E-state index contributed by atoms with van der Waals surface area (Å²) < 4.78 is 14.5. The van der Waals surface area contributed by atoms with E-state index in [9.17, 15) is 9.18 Å². The number of amides is 1. The van der Waals surface area contributed by atoms with Crippen LogP contribution in [0.3, 0.4) is 0 Å². The van der Waals surface area contributed by atoms with Gasteiger partial charge < -0.3 is 4.90 Å². The molecule has 32 heavy (non-hydrogen) atoms. The molecule has 1 amide bonds. The number of nitrogens with zero attached hydrogens (tertiary/aromatic N) is 4. The Kier molecular flexibility index (Phi) is 6.61. The van der Waals surface area contributed by atoms with Crippen LogP contribution >= 0.6 is 0 Å². The first-order chi connectivity index (χ1) is 15.5. The number of piperidine rings is 1. The lowest BCUT2D eigenvalue weighted by atomic mass is 9.96. The number of hydrogen-bond donors (Lipinski definition) is 0. The van der Waals surface area contributed by atoms with Gasteiger partial charge in [-0.2, -0.15) is 0 Å². The number of rotatable bonds is 5. The molecule has 2 aromatic carbocycles. The lowest BCUT2D eigenvalue weighted by Crippen LogP contribution is -2.34. The number of benzene rings is 2. The van der Waals surface area contributed by atoms with E-state index in [0.29, 0.717) is 23.4 Å². The van der Waals surface area contributed by atoms with Crippen LogP contribution in [0.5, 0.6) is 0 Å². The highest BCUT2D eigenvalue weighted by molar-refractivity contribution is 5.94. The smallest absolute Gasteiger partial charge is 0.256 e. The third kappa shape index (κ3) is 4.55. The van der Waals surface area contributed by atoms with Crippen LogP contribution in [0.15, 0.2) is 54.7 Å². The summed E-state index contributed by atoms with van der Waals surface area (Å²) in [7, 11) is 3.46. The first-order valence-corrected chi connectivity index (χ1v) is 11.1. The number of aryl methyl sites for hydroxylation is 1. The van der Waals surface area contributed by atoms with Gasteiger partial charge >= 0.3 is 0 Å². The standard InChI is InChI=1S/C26H29FN4O/c1-18-22(26(32)30(2)3)16-28-25(29-18)24-14-8-9-15-31(24)17-19-10-4-5-11-20(19)21-12-6-7-13-23(21)27/h4-7,10-13,16,24H,8-9,14-15,17H2,1-3H3. The normalized spacial score (nSPS) is 16.7. The van der Waals surface area contributed by atoms with Crippen molar-refractivity contribution in [2.75, 3.05) is 20.6 Å². The fraction of sp³-hybridized carbons (Fsp3) is 0.346. The molecule has 1 unspecified atom stereocenters. The average Bonchev–Trinajstić information content (AvgIpc) is 2.80. The van der Waals surface area contributed by atoms with Gasteiger partial charge in [0.25, 0.3) is 5.91 Å². The van der Waals surface area contributed by atoms with E-state index in [1.54, 1.807) is 26.4 Å². The lowest BCUT2D eigenvalue weighted by molar-refractivity contribution is 0.0825. The summed E-state index contributed by atoms with van der Waals surface area (Å²) in [6, 6.07) is 15.0. The third-order valence-electron chi connectivity index (χ3n) is 6.10. The molecule has 1 aromatic heterocycles. The largest absolute Gasteiger partial charge is 0.345 e. The SMILES string of the molecule is Cc1nc(C2CCCCN2Cc2ccccc2-c2ccccc2F)ncc1C(=O)N(C)C. The molecule has 0 N–H and O–H groups in total. The van der Waals surface area contributed by atoms with E-state index in [0.717, 1.165) is 42.8 Å². The van der Waals surface area contributed by atoms with Gasteiger partial charge in [-0.05, 0) is 43.5 Å². The van der Waals surface area contributed by atoms with Crippen molar-refractivity contribution in [2.45, 2.75) is 38.8 Å². The van der Waals surface area contributed by atoms with Crippen LogP contribution in [0.2, 0.25) is 0 Å². The summed E-state index contributed by atoms with van der Waals surface area (Å²) in [6.45, 7) is 3.48. The maximum absolute atomic E-state index is 14.5. The maximum atomic E-state index is 14.5. The van der Waals surface area contributed by atoms with Gasteiger partial charge in [0.05, 0.1) is 17.3 Å². The van der Waals surface area contributed by atoms with Crippen molar-refractivity contribution in [2.24, 2.45) is 0 Å². The van der Waals surface area contributed by atoms with E-state index in [2.05, 4.69) is 16.0 Å². The highest BCUT2D eigenvalue weighted by atomic mass is 19.1. The Morgan fingerprint density at radius 1 is 1.09 bits per heavy atom. The minimum Gasteiger partial charge on any atom is -0.345 e. The second-order valence-corrected chi connectivity index (χ2v) is 8.55. The number of likely N-dealkylation sites (tertiary alicyclic amines) is 1. The Hall–Kier alpha value is -3.12. The predicted molar refractivity (Wildman–Crippen MR) is 124 cm³/mol. The van der Waals surface area contributed by atoms with Crippen LogP contribution in [-0.4, -0.2) is 46.3 Å². The summed E-state index contributed by atoms with van der Waals surface area (Å²) in [6.07, 6.45) is 4.83. The van der Waals surface area contributed by atoms with Gasteiger partial charge in [0.15, 0.2) is 0 Å². The summed E-state index contributed by atoms with van der Waals surface area (Å²) in [5, 5.41) is 0. The fourth-order valence-electron chi connectivity index (χ4n) is 4.39. The van der Waals surface area contributed by atoms with E-state index in [4.69, 9.17) is 4.98 Å². The summed E-state index contributed by atoms with van der Waals surface area (Å²) in [5.41, 5.74) is 3.85. The quantitative estimate of drug-likeness (QED) is 0.568. The molecule has 2 heterocycles. The van der Waals surface area contributed by atoms with Crippen molar-refractivity contribution in [3.63, 3.8) is 0 Å². The number of halogens is 1. The fourth-order valence-corrected chi connectivity index (χ4v) is 4.39. The molecular weight excluding hydrogens is 403 g/mol. The van der Waals surface area contributed by atoms with Crippen LogP contribution < -0.4 is 0 Å². The Bertz CT molecular complexity index is 1110. The number of carbonyl (C=O) groups is 1. The second kappa shape index (κ2) is 9.57. The summed E-state index contributed by atoms with van der Waals surface area (Å²) >= 11 is 0. The van der Waals surface area contributed by atoms with E-state index in [-0.39, 0.29) is 17.8 Å². The molecule has 6 heteroatoms. The molecule has 0 aliphatic carbocycles. The van der Waals surface area contributed by atoms with Crippen molar-refractivity contribution in [3.8, 4) is 11.1 Å². The highest BCUT2D eigenvalue weighted by Gasteiger charge is 2.28. The van der Waals surface area contributed by atoms with Crippen molar-refractivity contribution in [1.29, 1.82) is 0 Å². The molecule has 0 spiro atoms. The first kappa shape index (κ1) is 22.1. The zero-order chi connectivity index (χ0) is 22.7. The zero-order valence-corrected chi connectivity index (χ0v) is 18.9. The Morgan fingerprint density at radius 2 is 1.81 bits per heavy atom. The average molecular weight is 433 g/mol. The van der Waals surface area contributed by atoms with Crippen molar-refractivity contribution in [3.05, 3.63) is 83.2 Å². The highest BCUT2D eigenvalue weighted by Crippen LogP contribution is 2.33. The van der Waals surface area contributed by atoms with Gasteiger partial charge in [0.2, 0.25) is 0 Å². The first-order valence-electron chi connectivity index (χ1n) is 11.1. The molecule has 1 fully saturated rings. The Balaban J connectivity index is 1.63. The molecular formula is C26H29FN4O. The molecule has 1 aliphatic rings. The molecule has 0 bridgehead atoms. The van der Waals surface area contributed by atoms with Crippen LogP contribution in [0, 0.1) is 12.7 Å². The molecule has 1 atom stereocenters. The van der Waals surface area contributed by atoms with E-state index in [1.807, 2.05) is 37.3 Å². The van der Waals surface area contributed by atoms with Gasteiger partial charge in [-0.3, -0.25) is 9.69 Å². The van der Waals surface area contributed by atoms with Gasteiger partial charge in [-0.15, -0.1) is 0 Å². The predicted octanol–water partition coefficient (Wildman–Crippen LogP) is 5.02. The van der Waals surface area contributed by atoms with Gasteiger partial charge in [0, 0.05) is 32.4 Å². The van der Waals surface area contributed by atoms with E-state index in [1.165, 1.54) is 11.0 Å². The van der Waals surface area contributed by atoms with Crippen LogP contribution in [0.25, 0.3) is 11.1 Å². The van der Waals surface area contributed by atoms with Crippen molar-refractivity contribution >= 4 is 5.91 Å². The minimum absolute atomic E-state index is 0.0691. The summed E-state index contributed by atoms with van der Waals surface area (Å²) in [5.74, 6) is 0.449. The van der Waals surface area contributed by atoms with Gasteiger partial charge in [-0.25, -0.2) is 14.4 Å².